The topological polar surface area (TPSA) is 38.7 Å². The molecule has 2 aromatic heterocycles. The first-order valence-corrected chi connectivity index (χ1v) is 19.3. The number of hydrogen-bond acceptors (Lipinski definition) is 4. The molecule has 3 nitrogen and oxygen atoms in total. The SMILES string of the molecule is c1ccc(-c2nc(-c3ccccc3)nc(-c3ccccc3-c3ccc4c(c3)sc3ccc(-c5ccc6c7ccccc7c7ccccc7c6c5)cc34)n2)cc1. The van der Waals surface area contributed by atoms with Gasteiger partial charge in [-0.05, 0) is 78.8 Å². The summed E-state index contributed by atoms with van der Waals surface area (Å²) in [6.45, 7) is 0. The third-order valence-electron chi connectivity index (χ3n) is 10.7. The van der Waals surface area contributed by atoms with Gasteiger partial charge in [-0.1, -0.05) is 164 Å². The van der Waals surface area contributed by atoms with Crippen molar-refractivity contribution in [3.05, 3.63) is 188 Å². The van der Waals surface area contributed by atoms with Crippen LogP contribution in [0.25, 0.3) is 109 Å². The van der Waals surface area contributed by atoms with Crippen LogP contribution >= 0.6 is 11.3 Å². The van der Waals surface area contributed by atoms with Crippen LogP contribution in [0.15, 0.2) is 188 Å². The van der Waals surface area contributed by atoms with E-state index in [1.807, 2.05) is 72.0 Å². The van der Waals surface area contributed by atoms with Crippen molar-refractivity contribution in [2.24, 2.45) is 0 Å². The van der Waals surface area contributed by atoms with Gasteiger partial charge in [0.1, 0.15) is 0 Å². The molecular weight excluding hydrogens is 687 g/mol. The molecule has 0 spiro atoms. The van der Waals surface area contributed by atoms with E-state index >= 15 is 0 Å². The minimum Gasteiger partial charge on any atom is -0.208 e. The predicted octanol–water partition coefficient (Wildman–Crippen LogP) is 14.0. The van der Waals surface area contributed by atoms with Crippen molar-refractivity contribution in [1.29, 1.82) is 0 Å². The highest BCUT2D eigenvalue weighted by Crippen LogP contribution is 2.42. The molecule has 0 saturated heterocycles. The van der Waals surface area contributed by atoms with E-state index in [4.69, 9.17) is 15.0 Å². The predicted molar refractivity (Wildman–Crippen MR) is 232 cm³/mol. The zero-order chi connectivity index (χ0) is 36.3. The molecule has 4 heteroatoms. The Morgan fingerprint density at radius 2 is 0.709 bits per heavy atom. The molecule has 0 bridgehead atoms. The molecule has 11 rings (SSSR count). The molecule has 0 N–H and O–H groups in total. The Labute approximate surface area is 321 Å². The van der Waals surface area contributed by atoms with Crippen molar-refractivity contribution in [3.63, 3.8) is 0 Å². The molecule has 2 heterocycles. The summed E-state index contributed by atoms with van der Waals surface area (Å²) in [6, 6.07) is 67.0. The largest absolute Gasteiger partial charge is 0.208 e. The highest BCUT2D eigenvalue weighted by atomic mass is 32.1. The number of fused-ring (bicyclic) bond motifs is 9. The maximum Gasteiger partial charge on any atom is 0.164 e. The van der Waals surface area contributed by atoms with Gasteiger partial charge in [-0.25, -0.2) is 15.0 Å². The quantitative estimate of drug-likeness (QED) is 0.166. The van der Waals surface area contributed by atoms with Gasteiger partial charge in [0.15, 0.2) is 17.5 Å². The molecule has 0 saturated carbocycles. The van der Waals surface area contributed by atoms with Gasteiger partial charge in [-0.15, -0.1) is 11.3 Å². The molecule has 9 aromatic carbocycles. The molecule has 0 atom stereocenters. The average molecular weight is 718 g/mol. The van der Waals surface area contributed by atoms with E-state index in [0.29, 0.717) is 17.5 Å². The molecule has 0 aliphatic rings. The Morgan fingerprint density at radius 1 is 0.255 bits per heavy atom. The van der Waals surface area contributed by atoms with E-state index in [9.17, 15) is 0 Å². The van der Waals surface area contributed by atoms with Gasteiger partial charge in [0, 0.05) is 36.9 Å². The van der Waals surface area contributed by atoms with E-state index < -0.39 is 0 Å². The molecule has 0 radical (unpaired) electrons. The lowest BCUT2D eigenvalue weighted by atomic mass is 9.92. The van der Waals surface area contributed by atoms with Crippen LogP contribution in [-0.2, 0) is 0 Å². The Kier molecular flexibility index (Phi) is 7.35. The molecule has 0 fully saturated rings. The molecular formula is C51H31N3S. The third kappa shape index (κ3) is 5.38. The first-order valence-electron chi connectivity index (χ1n) is 18.5. The van der Waals surface area contributed by atoms with E-state index in [0.717, 1.165) is 27.8 Å². The molecule has 0 aliphatic heterocycles. The Bertz CT molecular complexity index is 3170. The van der Waals surface area contributed by atoms with E-state index in [1.165, 1.54) is 63.6 Å². The normalized spacial score (nSPS) is 11.6. The van der Waals surface area contributed by atoms with Crippen LogP contribution in [0.3, 0.4) is 0 Å². The minimum absolute atomic E-state index is 0.653. The standard InChI is InChI=1S/C51H31N3S/c1-3-13-32(14-4-1)49-52-50(33-15-5-2-6-16-33)54-51(53-49)44-22-12-7-17-37(44)36-24-27-43-46-30-35(25-28-47(46)55-48(43)31-36)34-23-26-42-40-20-9-8-18-38(40)39-19-10-11-21-41(39)45(42)29-34/h1-31H. The van der Waals surface area contributed by atoms with Gasteiger partial charge in [0.25, 0.3) is 0 Å². The summed E-state index contributed by atoms with van der Waals surface area (Å²) >= 11 is 1.84. The van der Waals surface area contributed by atoms with Crippen molar-refractivity contribution < 1.29 is 0 Å². The maximum absolute atomic E-state index is 5.05. The highest BCUT2D eigenvalue weighted by Gasteiger charge is 2.17. The van der Waals surface area contributed by atoms with Crippen LogP contribution in [0.4, 0.5) is 0 Å². The van der Waals surface area contributed by atoms with Crippen molar-refractivity contribution in [2.75, 3.05) is 0 Å². The number of rotatable bonds is 5. The lowest BCUT2D eigenvalue weighted by Gasteiger charge is -2.12. The number of hydrogen-bond donors (Lipinski definition) is 0. The summed E-state index contributed by atoms with van der Waals surface area (Å²) in [6.07, 6.45) is 0. The zero-order valence-corrected chi connectivity index (χ0v) is 30.5. The van der Waals surface area contributed by atoms with Crippen molar-refractivity contribution >= 4 is 63.8 Å². The van der Waals surface area contributed by atoms with Gasteiger partial charge >= 0.3 is 0 Å². The summed E-state index contributed by atoms with van der Waals surface area (Å²) in [4.78, 5) is 15.0. The van der Waals surface area contributed by atoms with E-state index in [-0.39, 0.29) is 0 Å². The maximum atomic E-state index is 5.05. The highest BCUT2D eigenvalue weighted by molar-refractivity contribution is 7.25. The van der Waals surface area contributed by atoms with Crippen LogP contribution in [-0.4, -0.2) is 15.0 Å². The second-order valence-corrected chi connectivity index (χ2v) is 15.0. The third-order valence-corrected chi connectivity index (χ3v) is 11.9. The lowest BCUT2D eigenvalue weighted by molar-refractivity contribution is 1.07. The second kappa shape index (κ2) is 12.8. The summed E-state index contributed by atoms with van der Waals surface area (Å²) in [7, 11) is 0. The fourth-order valence-electron chi connectivity index (χ4n) is 8.07. The van der Waals surface area contributed by atoms with Crippen LogP contribution in [0.2, 0.25) is 0 Å². The van der Waals surface area contributed by atoms with Gasteiger partial charge in [-0.3, -0.25) is 0 Å². The second-order valence-electron chi connectivity index (χ2n) is 14.0. The summed E-state index contributed by atoms with van der Waals surface area (Å²) in [5.74, 6) is 1.96. The van der Waals surface area contributed by atoms with Crippen molar-refractivity contribution in [1.82, 2.24) is 15.0 Å². The molecule has 256 valence electrons. The van der Waals surface area contributed by atoms with Crippen LogP contribution < -0.4 is 0 Å². The molecule has 0 unspecified atom stereocenters. The smallest absolute Gasteiger partial charge is 0.164 e. The van der Waals surface area contributed by atoms with Gasteiger partial charge in [0.2, 0.25) is 0 Å². The summed E-state index contributed by atoms with van der Waals surface area (Å²) in [5.41, 5.74) is 7.54. The Hall–Kier alpha value is -7.01. The average Bonchev–Trinajstić information content (AvgIpc) is 3.64. The number of nitrogens with zero attached hydrogens (tertiary/aromatic N) is 3. The summed E-state index contributed by atoms with van der Waals surface area (Å²) in [5, 5.41) is 10.3. The van der Waals surface area contributed by atoms with Crippen LogP contribution in [0.5, 0.6) is 0 Å². The van der Waals surface area contributed by atoms with E-state index in [2.05, 4.69) is 127 Å². The van der Waals surface area contributed by atoms with Crippen molar-refractivity contribution in [2.45, 2.75) is 0 Å². The van der Waals surface area contributed by atoms with Crippen LogP contribution in [0, 0.1) is 0 Å². The number of aromatic nitrogens is 3. The fourth-order valence-corrected chi connectivity index (χ4v) is 9.20. The molecule has 0 amide bonds. The lowest BCUT2D eigenvalue weighted by Crippen LogP contribution is -2.01. The first kappa shape index (κ1) is 31.5. The minimum atomic E-state index is 0.653. The molecule has 11 aromatic rings. The number of thiophene rings is 1. The Morgan fingerprint density at radius 3 is 1.35 bits per heavy atom. The monoisotopic (exact) mass is 717 g/mol. The van der Waals surface area contributed by atoms with Gasteiger partial charge < -0.3 is 0 Å². The number of benzene rings is 9. The fraction of sp³-hybridized carbons (Fsp3) is 0. The first-order chi connectivity index (χ1) is 27.2. The summed E-state index contributed by atoms with van der Waals surface area (Å²) < 4.78 is 2.53. The van der Waals surface area contributed by atoms with Crippen molar-refractivity contribution in [3.8, 4) is 56.4 Å². The van der Waals surface area contributed by atoms with E-state index in [1.54, 1.807) is 0 Å². The van der Waals surface area contributed by atoms with Crippen LogP contribution in [0.1, 0.15) is 0 Å². The Balaban J connectivity index is 1.02. The van der Waals surface area contributed by atoms with Gasteiger partial charge in [-0.2, -0.15) is 0 Å². The van der Waals surface area contributed by atoms with Gasteiger partial charge in [0.05, 0.1) is 0 Å². The molecule has 0 aliphatic carbocycles. The zero-order valence-electron chi connectivity index (χ0n) is 29.6. The molecule has 55 heavy (non-hydrogen) atoms.